The molecule has 0 radical (unpaired) electrons. The normalized spacial score (nSPS) is 16.5. The minimum absolute atomic E-state index is 0.0475. The van der Waals surface area contributed by atoms with Gasteiger partial charge in [0.2, 0.25) is 0 Å². The quantitative estimate of drug-likeness (QED) is 0.638. The number of aromatic nitrogens is 2. The summed E-state index contributed by atoms with van der Waals surface area (Å²) in [6, 6.07) is 0.262. The van der Waals surface area contributed by atoms with Gasteiger partial charge in [0.25, 0.3) is 5.91 Å². The largest absolute Gasteiger partial charge is 0.332 e. The van der Waals surface area contributed by atoms with Crippen molar-refractivity contribution < 1.29 is 4.79 Å². The molecule has 2 rings (SSSR count). The highest BCUT2D eigenvalue weighted by Gasteiger charge is 2.26. The number of amides is 1. The lowest BCUT2D eigenvalue weighted by molar-refractivity contribution is 0.0641. The van der Waals surface area contributed by atoms with Crippen molar-refractivity contribution in [1.29, 1.82) is 0 Å². The molecule has 0 aliphatic carbocycles. The van der Waals surface area contributed by atoms with Crippen LogP contribution in [0, 0.1) is 0 Å². The predicted molar refractivity (Wildman–Crippen MR) is 48.4 cm³/mol. The second kappa shape index (κ2) is 2.87. The van der Waals surface area contributed by atoms with Gasteiger partial charge in [-0.25, -0.2) is 4.98 Å². The number of fused-ring (bicyclic) bond motifs is 1. The predicted octanol–water partition coefficient (Wildman–Crippen LogP) is 0.747. The maximum atomic E-state index is 11.8. The summed E-state index contributed by atoms with van der Waals surface area (Å²) in [7, 11) is 0. The van der Waals surface area contributed by atoms with Gasteiger partial charge >= 0.3 is 0 Å². The molecule has 0 atom stereocenters. The van der Waals surface area contributed by atoms with E-state index >= 15 is 0 Å². The first-order chi connectivity index (χ1) is 6.20. The van der Waals surface area contributed by atoms with Gasteiger partial charge in [-0.2, -0.15) is 0 Å². The van der Waals surface area contributed by atoms with Gasteiger partial charge in [-0.05, 0) is 13.8 Å². The third-order valence-electron chi connectivity index (χ3n) is 2.37. The van der Waals surface area contributed by atoms with Crippen molar-refractivity contribution in [3.8, 4) is 0 Å². The molecule has 0 saturated heterocycles. The van der Waals surface area contributed by atoms with Crippen molar-refractivity contribution in [3.05, 3.63) is 18.2 Å². The Balaban J connectivity index is 2.32. The summed E-state index contributed by atoms with van der Waals surface area (Å²) in [6.07, 6.45) is 3.53. The van der Waals surface area contributed by atoms with Crippen LogP contribution in [0.25, 0.3) is 0 Å². The van der Waals surface area contributed by atoms with Gasteiger partial charge < -0.3 is 9.47 Å². The Bertz CT molecular complexity index is 329. The molecule has 2 heterocycles. The van der Waals surface area contributed by atoms with Crippen molar-refractivity contribution in [2.24, 2.45) is 0 Å². The molecule has 1 aromatic rings. The molecule has 4 heteroatoms. The molecule has 1 aromatic heterocycles. The average molecular weight is 179 g/mol. The Morgan fingerprint density at radius 1 is 1.46 bits per heavy atom. The van der Waals surface area contributed by atoms with Crippen LogP contribution in [0.1, 0.15) is 24.5 Å². The molecule has 1 aliphatic rings. The zero-order valence-electron chi connectivity index (χ0n) is 7.90. The van der Waals surface area contributed by atoms with Crippen molar-refractivity contribution in [2.75, 3.05) is 6.54 Å². The van der Waals surface area contributed by atoms with Gasteiger partial charge in [-0.3, -0.25) is 4.79 Å². The molecule has 0 bridgehead atoms. The number of carbonyl (C=O) groups excluding carboxylic acids is 1. The van der Waals surface area contributed by atoms with E-state index in [1.165, 1.54) is 0 Å². The van der Waals surface area contributed by atoms with E-state index in [9.17, 15) is 4.79 Å². The zero-order chi connectivity index (χ0) is 9.42. The summed E-state index contributed by atoms with van der Waals surface area (Å²) in [5.74, 6) is 0.617. The molecule has 13 heavy (non-hydrogen) atoms. The minimum Gasteiger partial charge on any atom is -0.332 e. The molecule has 0 fully saturated rings. The number of imidazole rings is 1. The molecule has 4 nitrogen and oxygen atoms in total. The molecule has 1 amide bonds. The van der Waals surface area contributed by atoms with E-state index in [0.717, 1.165) is 13.1 Å². The van der Waals surface area contributed by atoms with Gasteiger partial charge in [-0.1, -0.05) is 0 Å². The lowest BCUT2D eigenvalue weighted by Gasteiger charge is -2.30. The van der Waals surface area contributed by atoms with Crippen LogP contribution in [0.3, 0.4) is 0 Å². The maximum Gasteiger partial charge on any atom is 0.290 e. The SMILES string of the molecule is CC(C)N1CCn2ccnc2C1=O. The number of rotatable bonds is 1. The topological polar surface area (TPSA) is 38.1 Å². The van der Waals surface area contributed by atoms with Crippen molar-refractivity contribution in [3.63, 3.8) is 0 Å². The van der Waals surface area contributed by atoms with Gasteiger partial charge in [-0.15, -0.1) is 0 Å². The van der Waals surface area contributed by atoms with Crippen molar-refractivity contribution in [1.82, 2.24) is 14.5 Å². The Morgan fingerprint density at radius 3 is 2.92 bits per heavy atom. The lowest BCUT2D eigenvalue weighted by atomic mass is 10.2. The second-order valence-corrected chi connectivity index (χ2v) is 3.54. The molecule has 70 valence electrons. The van der Waals surface area contributed by atoms with E-state index in [4.69, 9.17) is 0 Å². The smallest absolute Gasteiger partial charge is 0.290 e. The van der Waals surface area contributed by atoms with E-state index in [1.807, 2.05) is 29.5 Å². The third kappa shape index (κ3) is 1.22. The van der Waals surface area contributed by atoms with E-state index in [-0.39, 0.29) is 11.9 Å². The standard InChI is InChI=1S/C9H13N3O/c1-7(2)12-6-5-11-4-3-10-8(11)9(12)13/h3-4,7H,5-6H2,1-2H3. The molecular formula is C9H13N3O. The van der Waals surface area contributed by atoms with E-state index < -0.39 is 0 Å². The highest BCUT2D eigenvalue weighted by molar-refractivity contribution is 5.91. The first-order valence-corrected chi connectivity index (χ1v) is 4.52. The molecule has 0 unspecified atom stereocenters. The fraction of sp³-hybridized carbons (Fsp3) is 0.556. The van der Waals surface area contributed by atoms with Crippen LogP contribution in [0.4, 0.5) is 0 Å². The molecule has 0 N–H and O–H groups in total. The van der Waals surface area contributed by atoms with Crippen molar-refractivity contribution in [2.45, 2.75) is 26.4 Å². The van der Waals surface area contributed by atoms with Gasteiger partial charge in [0.1, 0.15) is 0 Å². The van der Waals surface area contributed by atoms with Crippen LogP contribution >= 0.6 is 0 Å². The summed E-state index contributed by atoms with van der Waals surface area (Å²) in [6.45, 7) is 5.70. The number of carbonyl (C=O) groups is 1. The van der Waals surface area contributed by atoms with Crippen LogP contribution in [0.5, 0.6) is 0 Å². The monoisotopic (exact) mass is 179 g/mol. The van der Waals surface area contributed by atoms with Crippen LogP contribution in [-0.4, -0.2) is 32.9 Å². The molecular weight excluding hydrogens is 166 g/mol. The average Bonchev–Trinajstić information content (AvgIpc) is 2.52. The molecule has 0 aromatic carbocycles. The van der Waals surface area contributed by atoms with Gasteiger partial charge in [0, 0.05) is 31.5 Å². The van der Waals surface area contributed by atoms with Crippen LogP contribution in [-0.2, 0) is 6.54 Å². The first-order valence-electron chi connectivity index (χ1n) is 4.52. The van der Waals surface area contributed by atoms with Crippen LogP contribution < -0.4 is 0 Å². The summed E-state index contributed by atoms with van der Waals surface area (Å²) in [4.78, 5) is 17.7. The summed E-state index contributed by atoms with van der Waals surface area (Å²) < 4.78 is 1.90. The van der Waals surface area contributed by atoms with E-state index in [2.05, 4.69) is 4.98 Å². The summed E-state index contributed by atoms with van der Waals surface area (Å²) in [5.41, 5.74) is 0. The summed E-state index contributed by atoms with van der Waals surface area (Å²) >= 11 is 0. The zero-order valence-corrected chi connectivity index (χ0v) is 7.90. The Morgan fingerprint density at radius 2 is 2.23 bits per heavy atom. The van der Waals surface area contributed by atoms with Crippen LogP contribution in [0.15, 0.2) is 12.4 Å². The Hall–Kier alpha value is -1.32. The van der Waals surface area contributed by atoms with Gasteiger partial charge in [0.05, 0.1) is 0 Å². The fourth-order valence-electron chi connectivity index (χ4n) is 1.63. The second-order valence-electron chi connectivity index (χ2n) is 3.54. The van der Waals surface area contributed by atoms with E-state index in [0.29, 0.717) is 5.82 Å². The summed E-state index contributed by atoms with van der Waals surface area (Å²) in [5, 5.41) is 0. The molecule has 1 aliphatic heterocycles. The van der Waals surface area contributed by atoms with Crippen LogP contribution in [0.2, 0.25) is 0 Å². The van der Waals surface area contributed by atoms with E-state index in [1.54, 1.807) is 6.20 Å². The first kappa shape index (κ1) is 8.29. The number of nitrogens with zero attached hydrogens (tertiary/aromatic N) is 3. The molecule has 0 saturated carbocycles. The minimum atomic E-state index is 0.0475. The Labute approximate surface area is 77.2 Å². The lowest BCUT2D eigenvalue weighted by Crippen LogP contribution is -2.44. The third-order valence-corrected chi connectivity index (χ3v) is 2.37. The maximum absolute atomic E-state index is 11.8. The van der Waals surface area contributed by atoms with Crippen molar-refractivity contribution >= 4 is 5.91 Å². The Kier molecular flexibility index (Phi) is 1.83. The highest BCUT2D eigenvalue weighted by atomic mass is 16.2. The fourth-order valence-corrected chi connectivity index (χ4v) is 1.63. The number of hydrogen-bond donors (Lipinski definition) is 0. The highest BCUT2D eigenvalue weighted by Crippen LogP contribution is 2.12. The number of hydrogen-bond acceptors (Lipinski definition) is 2. The molecule has 0 spiro atoms. The van der Waals surface area contributed by atoms with Gasteiger partial charge in [0.15, 0.2) is 5.82 Å².